The second-order valence-corrected chi connectivity index (χ2v) is 6.75. The topological polar surface area (TPSA) is 80.9 Å². The lowest BCUT2D eigenvalue weighted by molar-refractivity contribution is -0.122. The quantitative estimate of drug-likeness (QED) is 0.894. The molecule has 3 N–H and O–H groups in total. The molecule has 2 aliphatic rings. The maximum atomic E-state index is 11.2. The van der Waals surface area contributed by atoms with Gasteiger partial charge < -0.3 is 11.1 Å². The maximum Gasteiger partial charge on any atom is 0.220 e. The standard InChI is InChI=1S/C17H26N4O/c1-11-20-15-5-3-2-4-14(15)17(21-11)19-10-12-6-8-13(9-7-12)16(18)22/h12-13H,2-10H2,1H3,(H2,18,22)(H,19,20,21). The van der Waals surface area contributed by atoms with Crippen LogP contribution in [-0.4, -0.2) is 22.4 Å². The minimum atomic E-state index is -0.132. The summed E-state index contributed by atoms with van der Waals surface area (Å²) in [6, 6.07) is 0. The predicted octanol–water partition coefficient (Wildman–Crippen LogP) is 2.37. The summed E-state index contributed by atoms with van der Waals surface area (Å²) in [6.07, 6.45) is 8.66. The van der Waals surface area contributed by atoms with E-state index in [1.165, 1.54) is 24.1 Å². The van der Waals surface area contributed by atoms with Gasteiger partial charge in [0, 0.05) is 23.7 Å². The summed E-state index contributed by atoms with van der Waals surface area (Å²) in [4.78, 5) is 20.4. The Labute approximate surface area is 132 Å². The summed E-state index contributed by atoms with van der Waals surface area (Å²) in [5, 5.41) is 3.56. The molecule has 0 atom stereocenters. The summed E-state index contributed by atoms with van der Waals surface area (Å²) in [6.45, 7) is 2.91. The van der Waals surface area contributed by atoms with Gasteiger partial charge in [0.1, 0.15) is 11.6 Å². The first kappa shape index (κ1) is 15.3. The largest absolute Gasteiger partial charge is 0.369 e. The van der Waals surface area contributed by atoms with Gasteiger partial charge in [-0.2, -0.15) is 0 Å². The first-order valence-corrected chi connectivity index (χ1v) is 8.53. The number of nitrogens with two attached hydrogens (primary N) is 1. The molecule has 1 amide bonds. The molecule has 1 aromatic rings. The summed E-state index contributed by atoms with van der Waals surface area (Å²) in [7, 11) is 0. The number of rotatable bonds is 4. The average Bonchev–Trinajstić information content (AvgIpc) is 2.52. The number of hydrogen-bond acceptors (Lipinski definition) is 4. The number of aromatic nitrogens is 2. The van der Waals surface area contributed by atoms with Gasteiger partial charge in [0.2, 0.25) is 5.91 Å². The van der Waals surface area contributed by atoms with Gasteiger partial charge in [-0.05, 0) is 64.2 Å². The molecule has 3 rings (SSSR count). The van der Waals surface area contributed by atoms with Crippen LogP contribution in [0, 0.1) is 18.8 Å². The van der Waals surface area contributed by atoms with Crippen molar-refractivity contribution in [2.24, 2.45) is 17.6 Å². The molecule has 1 aromatic heterocycles. The van der Waals surface area contributed by atoms with Crippen molar-refractivity contribution in [2.75, 3.05) is 11.9 Å². The maximum absolute atomic E-state index is 11.2. The fourth-order valence-electron chi connectivity index (χ4n) is 3.76. The lowest BCUT2D eigenvalue weighted by Crippen LogP contribution is -2.30. The highest BCUT2D eigenvalue weighted by atomic mass is 16.1. The Kier molecular flexibility index (Phi) is 4.60. The third-order valence-electron chi connectivity index (χ3n) is 5.10. The van der Waals surface area contributed by atoms with E-state index in [1.54, 1.807) is 0 Å². The Hall–Kier alpha value is -1.65. The first-order valence-electron chi connectivity index (χ1n) is 8.53. The van der Waals surface area contributed by atoms with Gasteiger partial charge in [0.05, 0.1) is 0 Å². The van der Waals surface area contributed by atoms with Crippen molar-refractivity contribution in [1.29, 1.82) is 0 Å². The monoisotopic (exact) mass is 302 g/mol. The number of carbonyl (C=O) groups is 1. The molecule has 0 saturated heterocycles. The molecule has 1 heterocycles. The molecule has 0 spiro atoms. The molecular formula is C17H26N4O. The van der Waals surface area contributed by atoms with Crippen molar-refractivity contribution < 1.29 is 4.79 Å². The van der Waals surface area contributed by atoms with Crippen LogP contribution in [0.2, 0.25) is 0 Å². The van der Waals surface area contributed by atoms with Crippen LogP contribution in [-0.2, 0) is 17.6 Å². The third kappa shape index (κ3) is 3.39. The van der Waals surface area contributed by atoms with Gasteiger partial charge in [-0.25, -0.2) is 9.97 Å². The first-order chi connectivity index (χ1) is 10.6. The molecule has 5 nitrogen and oxygen atoms in total. The van der Waals surface area contributed by atoms with E-state index in [9.17, 15) is 4.79 Å². The summed E-state index contributed by atoms with van der Waals surface area (Å²) in [5.41, 5.74) is 7.96. The molecule has 1 fully saturated rings. The fraction of sp³-hybridized carbons (Fsp3) is 0.706. The Morgan fingerprint density at radius 2 is 1.91 bits per heavy atom. The zero-order chi connectivity index (χ0) is 15.5. The normalized spacial score (nSPS) is 24.6. The number of aryl methyl sites for hydroxylation is 2. The van der Waals surface area contributed by atoms with Crippen molar-refractivity contribution in [3.05, 3.63) is 17.1 Å². The molecule has 0 bridgehead atoms. The molecule has 120 valence electrons. The molecule has 0 aliphatic heterocycles. The van der Waals surface area contributed by atoms with Crippen molar-refractivity contribution in [1.82, 2.24) is 9.97 Å². The van der Waals surface area contributed by atoms with Crippen molar-refractivity contribution in [3.8, 4) is 0 Å². The highest BCUT2D eigenvalue weighted by Crippen LogP contribution is 2.30. The van der Waals surface area contributed by atoms with Crippen LogP contribution in [0.25, 0.3) is 0 Å². The number of nitrogens with one attached hydrogen (secondary N) is 1. The number of amides is 1. The lowest BCUT2D eigenvalue weighted by Gasteiger charge is -2.27. The molecular weight excluding hydrogens is 276 g/mol. The minimum Gasteiger partial charge on any atom is -0.369 e. The molecule has 0 unspecified atom stereocenters. The van der Waals surface area contributed by atoms with Gasteiger partial charge in [0.25, 0.3) is 0 Å². The number of fused-ring (bicyclic) bond motifs is 1. The van der Waals surface area contributed by atoms with Crippen LogP contribution < -0.4 is 11.1 Å². The van der Waals surface area contributed by atoms with Crippen LogP contribution in [0.1, 0.15) is 55.6 Å². The average molecular weight is 302 g/mol. The van der Waals surface area contributed by atoms with Crippen LogP contribution >= 0.6 is 0 Å². The van der Waals surface area contributed by atoms with Crippen LogP contribution in [0.5, 0.6) is 0 Å². The number of anilines is 1. The van der Waals surface area contributed by atoms with Gasteiger partial charge in [-0.3, -0.25) is 4.79 Å². The summed E-state index contributed by atoms with van der Waals surface area (Å²) in [5.74, 6) is 2.47. The van der Waals surface area contributed by atoms with Crippen molar-refractivity contribution in [2.45, 2.75) is 58.3 Å². The number of hydrogen-bond donors (Lipinski definition) is 2. The highest BCUT2D eigenvalue weighted by Gasteiger charge is 2.25. The van der Waals surface area contributed by atoms with E-state index >= 15 is 0 Å². The van der Waals surface area contributed by atoms with E-state index in [-0.39, 0.29) is 11.8 Å². The van der Waals surface area contributed by atoms with Crippen molar-refractivity contribution in [3.63, 3.8) is 0 Å². The summed E-state index contributed by atoms with van der Waals surface area (Å²) >= 11 is 0. The minimum absolute atomic E-state index is 0.0882. The number of nitrogens with zero attached hydrogens (tertiary/aromatic N) is 2. The molecule has 0 aromatic carbocycles. The van der Waals surface area contributed by atoms with Gasteiger partial charge in [0.15, 0.2) is 0 Å². The smallest absolute Gasteiger partial charge is 0.220 e. The zero-order valence-electron chi connectivity index (χ0n) is 13.4. The molecule has 1 saturated carbocycles. The lowest BCUT2D eigenvalue weighted by atomic mass is 9.81. The fourth-order valence-corrected chi connectivity index (χ4v) is 3.76. The molecule has 0 radical (unpaired) electrons. The van der Waals surface area contributed by atoms with Crippen LogP contribution in [0.15, 0.2) is 0 Å². The van der Waals surface area contributed by atoms with Gasteiger partial charge >= 0.3 is 0 Å². The SMILES string of the molecule is Cc1nc2c(c(NCC3CCC(C(N)=O)CC3)n1)CCCC2. The van der Waals surface area contributed by atoms with Gasteiger partial charge in [-0.15, -0.1) is 0 Å². The second kappa shape index (κ2) is 6.63. The second-order valence-electron chi connectivity index (χ2n) is 6.75. The van der Waals surface area contributed by atoms with Crippen LogP contribution in [0.3, 0.4) is 0 Å². The Balaban J connectivity index is 1.60. The van der Waals surface area contributed by atoms with Crippen molar-refractivity contribution >= 4 is 11.7 Å². The van der Waals surface area contributed by atoms with Gasteiger partial charge in [-0.1, -0.05) is 0 Å². The molecule has 2 aliphatic carbocycles. The Bertz CT molecular complexity index is 550. The molecule has 22 heavy (non-hydrogen) atoms. The third-order valence-corrected chi connectivity index (χ3v) is 5.10. The van der Waals surface area contributed by atoms with E-state index in [0.717, 1.165) is 56.7 Å². The Morgan fingerprint density at radius 3 is 2.64 bits per heavy atom. The highest BCUT2D eigenvalue weighted by molar-refractivity contribution is 5.76. The van der Waals surface area contributed by atoms with E-state index in [4.69, 9.17) is 5.73 Å². The van der Waals surface area contributed by atoms with E-state index in [2.05, 4.69) is 15.3 Å². The number of primary amides is 1. The predicted molar refractivity (Wildman–Crippen MR) is 86.5 cm³/mol. The Morgan fingerprint density at radius 1 is 1.18 bits per heavy atom. The van der Waals surface area contributed by atoms with Crippen LogP contribution in [0.4, 0.5) is 5.82 Å². The summed E-state index contributed by atoms with van der Waals surface area (Å²) < 4.78 is 0. The van der Waals surface area contributed by atoms with E-state index < -0.39 is 0 Å². The molecule has 5 heteroatoms. The van der Waals surface area contributed by atoms with E-state index in [0.29, 0.717) is 5.92 Å². The zero-order valence-corrected chi connectivity index (χ0v) is 13.4. The number of carbonyl (C=O) groups excluding carboxylic acids is 1. The van der Waals surface area contributed by atoms with E-state index in [1.807, 2.05) is 6.92 Å².